The second-order valence-corrected chi connectivity index (χ2v) is 10.4. The molecule has 1 rings (SSSR count). The molecule has 1 N–H and O–H groups in total. The Hall–Kier alpha value is -1.84. The highest BCUT2D eigenvalue weighted by Gasteiger charge is 2.25. The fraction of sp³-hybridized carbons (Fsp3) is 0.704. The molecule has 0 spiro atoms. The molecule has 4 heteroatoms. The Labute approximate surface area is 189 Å². The lowest BCUT2D eigenvalue weighted by Crippen LogP contribution is -2.23. The standard InChI is InChI=1S/C27H44O4/c1-20-18-23(14-10-8-9-12-16-26(4,5)25(29)30)21(2)22(3)24(20)15-11-13-17-27(6,7)31-19-28/h18-19H,8-17H2,1-7H3,(H,29,30). The third-order valence-corrected chi connectivity index (χ3v) is 6.76. The Morgan fingerprint density at radius 1 is 0.903 bits per heavy atom. The molecular weight excluding hydrogens is 388 g/mol. The number of aryl methyl sites for hydroxylation is 2. The first kappa shape index (κ1) is 27.2. The van der Waals surface area contributed by atoms with Gasteiger partial charge in [-0.2, -0.15) is 0 Å². The van der Waals surface area contributed by atoms with Gasteiger partial charge < -0.3 is 9.84 Å². The van der Waals surface area contributed by atoms with Crippen LogP contribution < -0.4 is 0 Å². The molecule has 4 nitrogen and oxygen atoms in total. The number of hydrogen-bond donors (Lipinski definition) is 1. The van der Waals surface area contributed by atoms with E-state index in [4.69, 9.17) is 4.74 Å². The molecule has 0 bridgehead atoms. The minimum Gasteiger partial charge on any atom is -0.481 e. The zero-order valence-electron chi connectivity index (χ0n) is 20.9. The van der Waals surface area contributed by atoms with Crippen LogP contribution in [-0.4, -0.2) is 23.1 Å². The van der Waals surface area contributed by atoms with Gasteiger partial charge in [-0.3, -0.25) is 9.59 Å². The van der Waals surface area contributed by atoms with Crippen molar-refractivity contribution >= 4 is 12.4 Å². The van der Waals surface area contributed by atoms with Crippen molar-refractivity contribution < 1.29 is 19.4 Å². The second kappa shape index (κ2) is 12.3. The summed E-state index contributed by atoms with van der Waals surface area (Å²) in [5, 5.41) is 9.20. The molecule has 0 aliphatic carbocycles. The molecular formula is C27H44O4. The van der Waals surface area contributed by atoms with Gasteiger partial charge in [0.05, 0.1) is 5.41 Å². The molecule has 1 aromatic rings. The van der Waals surface area contributed by atoms with Crippen molar-refractivity contribution in [3.63, 3.8) is 0 Å². The highest BCUT2D eigenvalue weighted by Crippen LogP contribution is 2.27. The maximum Gasteiger partial charge on any atom is 0.309 e. The lowest BCUT2D eigenvalue weighted by molar-refractivity contribution is -0.147. The number of carbonyl (C=O) groups is 2. The molecule has 0 atom stereocenters. The van der Waals surface area contributed by atoms with Crippen LogP contribution in [-0.2, 0) is 27.2 Å². The molecule has 0 aliphatic rings. The smallest absolute Gasteiger partial charge is 0.309 e. The van der Waals surface area contributed by atoms with E-state index in [1.807, 2.05) is 27.7 Å². The second-order valence-electron chi connectivity index (χ2n) is 10.4. The molecule has 0 saturated heterocycles. The fourth-order valence-corrected chi connectivity index (χ4v) is 4.25. The van der Waals surface area contributed by atoms with Crippen molar-refractivity contribution in [2.24, 2.45) is 5.41 Å². The monoisotopic (exact) mass is 432 g/mol. The van der Waals surface area contributed by atoms with Crippen molar-refractivity contribution in [1.82, 2.24) is 0 Å². The third kappa shape index (κ3) is 9.04. The largest absolute Gasteiger partial charge is 0.481 e. The summed E-state index contributed by atoms with van der Waals surface area (Å²) in [6.45, 7) is 14.8. The summed E-state index contributed by atoms with van der Waals surface area (Å²) < 4.78 is 5.15. The number of rotatable bonds is 15. The van der Waals surface area contributed by atoms with Gasteiger partial charge in [0.1, 0.15) is 5.60 Å². The van der Waals surface area contributed by atoms with Crippen LogP contribution in [0.3, 0.4) is 0 Å². The van der Waals surface area contributed by atoms with Crippen molar-refractivity contribution in [2.45, 2.75) is 118 Å². The first-order valence-electron chi connectivity index (χ1n) is 11.8. The van der Waals surface area contributed by atoms with Crippen LogP contribution in [0.1, 0.15) is 107 Å². The van der Waals surface area contributed by atoms with Crippen LogP contribution in [0.2, 0.25) is 0 Å². The average Bonchev–Trinajstić information content (AvgIpc) is 2.67. The van der Waals surface area contributed by atoms with Gasteiger partial charge in [0.2, 0.25) is 0 Å². The number of benzene rings is 1. The van der Waals surface area contributed by atoms with Crippen molar-refractivity contribution in [3.05, 3.63) is 33.9 Å². The predicted octanol–water partition coefficient (Wildman–Crippen LogP) is 6.88. The number of hydrogen-bond acceptors (Lipinski definition) is 3. The van der Waals surface area contributed by atoms with Gasteiger partial charge in [-0.15, -0.1) is 0 Å². The van der Waals surface area contributed by atoms with Gasteiger partial charge in [0.15, 0.2) is 0 Å². The van der Waals surface area contributed by atoms with E-state index in [1.54, 1.807) is 0 Å². The van der Waals surface area contributed by atoms with E-state index in [9.17, 15) is 14.7 Å². The van der Waals surface area contributed by atoms with E-state index in [-0.39, 0.29) is 5.60 Å². The van der Waals surface area contributed by atoms with Crippen LogP contribution in [0.4, 0.5) is 0 Å². The Kier molecular flexibility index (Phi) is 10.8. The van der Waals surface area contributed by atoms with Crippen LogP contribution in [0.5, 0.6) is 0 Å². The summed E-state index contributed by atoms with van der Waals surface area (Å²) in [6.07, 6.45) is 10.3. The predicted molar refractivity (Wildman–Crippen MR) is 128 cm³/mol. The number of carbonyl (C=O) groups excluding carboxylic acids is 1. The maximum atomic E-state index is 11.2. The van der Waals surface area contributed by atoms with E-state index in [0.29, 0.717) is 6.47 Å². The highest BCUT2D eigenvalue weighted by molar-refractivity contribution is 5.73. The van der Waals surface area contributed by atoms with Crippen molar-refractivity contribution in [3.8, 4) is 0 Å². The molecule has 1 aromatic carbocycles. The van der Waals surface area contributed by atoms with E-state index >= 15 is 0 Å². The number of ether oxygens (including phenoxy) is 1. The molecule has 0 unspecified atom stereocenters. The summed E-state index contributed by atoms with van der Waals surface area (Å²) in [6, 6.07) is 2.37. The number of carboxylic acid groups (broad SMARTS) is 1. The number of carboxylic acids is 1. The first-order chi connectivity index (χ1) is 14.4. The summed E-state index contributed by atoms with van der Waals surface area (Å²) in [4.78, 5) is 21.8. The molecule has 0 aliphatic heterocycles. The Bertz CT molecular complexity index is 731. The zero-order valence-corrected chi connectivity index (χ0v) is 20.9. The van der Waals surface area contributed by atoms with E-state index in [2.05, 4.69) is 26.8 Å². The molecule has 0 fully saturated rings. The lowest BCUT2D eigenvalue weighted by Gasteiger charge is -2.22. The quantitative estimate of drug-likeness (QED) is 0.242. The van der Waals surface area contributed by atoms with Gasteiger partial charge in [0.25, 0.3) is 6.47 Å². The maximum absolute atomic E-state index is 11.2. The van der Waals surface area contributed by atoms with Gasteiger partial charge in [-0.25, -0.2) is 0 Å². The average molecular weight is 433 g/mol. The molecule has 176 valence electrons. The van der Waals surface area contributed by atoms with Crippen LogP contribution >= 0.6 is 0 Å². The summed E-state index contributed by atoms with van der Waals surface area (Å²) in [7, 11) is 0. The van der Waals surface area contributed by atoms with Crippen LogP contribution in [0, 0.1) is 26.2 Å². The number of unbranched alkanes of at least 4 members (excludes halogenated alkanes) is 4. The van der Waals surface area contributed by atoms with Crippen LogP contribution in [0.25, 0.3) is 0 Å². The third-order valence-electron chi connectivity index (χ3n) is 6.76. The Balaban J connectivity index is 2.51. The first-order valence-corrected chi connectivity index (χ1v) is 11.8. The van der Waals surface area contributed by atoms with E-state index in [1.165, 1.54) is 27.8 Å². The van der Waals surface area contributed by atoms with Gasteiger partial charge >= 0.3 is 5.97 Å². The molecule has 0 heterocycles. The Morgan fingerprint density at radius 3 is 2.10 bits per heavy atom. The van der Waals surface area contributed by atoms with Gasteiger partial charge in [-0.1, -0.05) is 25.3 Å². The van der Waals surface area contributed by atoms with Crippen molar-refractivity contribution in [2.75, 3.05) is 0 Å². The zero-order chi connectivity index (χ0) is 23.7. The fourth-order valence-electron chi connectivity index (χ4n) is 4.25. The van der Waals surface area contributed by atoms with Gasteiger partial charge in [-0.05, 0) is 121 Å². The lowest BCUT2D eigenvalue weighted by atomic mass is 9.86. The molecule has 0 amide bonds. The minimum atomic E-state index is -0.702. The molecule has 0 saturated carbocycles. The molecule has 0 radical (unpaired) electrons. The SMILES string of the molecule is Cc1cc(CCCCCCC(C)(C)C(=O)O)c(C)c(C)c1CCCCC(C)(C)OC=O. The summed E-state index contributed by atoms with van der Waals surface area (Å²) in [5.74, 6) is -0.702. The van der Waals surface area contributed by atoms with Crippen molar-refractivity contribution in [1.29, 1.82) is 0 Å². The molecule has 0 aromatic heterocycles. The van der Waals surface area contributed by atoms with E-state index in [0.717, 1.165) is 64.2 Å². The summed E-state index contributed by atoms with van der Waals surface area (Å²) >= 11 is 0. The Morgan fingerprint density at radius 2 is 1.48 bits per heavy atom. The number of aliphatic carboxylic acids is 1. The minimum absolute atomic E-state index is 0.380. The van der Waals surface area contributed by atoms with Gasteiger partial charge in [0, 0.05) is 0 Å². The topological polar surface area (TPSA) is 63.6 Å². The summed E-state index contributed by atoms with van der Waals surface area (Å²) in [5.41, 5.74) is 6.13. The molecule has 31 heavy (non-hydrogen) atoms. The normalized spacial score (nSPS) is 12.1. The van der Waals surface area contributed by atoms with Crippen LogP contribution in [0.15, 0.2) is 6.07 Å². The highest BCUT2D eigenvalue weighted by atomic mass is 16.5. The van der Waals surface area contributed by atoms with E-state index < -0.39 is 11.4 Å².